The first-order chi connectivity index (χ1) is 13.2. The third kappa shape index (κ3) is 3.78. The smallest absolute Gasteiger partial charge is 0.283 e. The number of aliphatic imine (C=N–C) groups is 1. The SMILES string of the molecule is CCSC1=NSC2=NC(=O)/C(=C\c3ccc(SCc4ccco4)o3)C(=N)N12. The first kappa shape index (κ1) is 18.2. The van der Waals surface area contributed by atoms with E-state index in [2.05, 4.69) is 9.39 Å². The molecule has 7 nitrogen and oxygen atoms in total. The number of hydrogen-bond acceptors (Lipinski definition) is 8. The van der Waals surface area contributed by atoms with Crippen LogP contribution in [-0.2, 0) is 10.5 Å². The molecule has 0 radical (unpaired) electrons. The van der Waals surface area contributed by atoms with Crippen LogP contribution in [0.2, 0.25) is 0 Å². The number of carbonyl (C=O) groups is 1. The molecule has 27 heavy (non-hydrogen) atoms. The summed E-state index contributed by atoms with van der Waals surface area (Å²) in [5, 5.41) is 10.2. The average Bonchev–Trinajstić information content (AvgIpc) is 3.39. The summed E-state index contributed by atoms with van der Waals surface area (Å²) < 4.78 is 15.3. The molecule has 2 aromatic heterocycles. The topological polar surface area (TPSA) is 95.2 Å². The van der Waals surface area contributed by atoms with E-state index in [0.717, 1.165) is 23.5 Å². The van der Waals surface area contributed by atoms with Crippen LogP contribution < -0.4 is 0 Å². The number of carbonyl (C=O) groups excluding carboxylic acids is 1. The Balaban J connectivity index is 1.52. The van der Waals surface area contributed by atoms with E-state index in [1.165, 1.54) is 23.5 Å². The normalized spacial score (nSPS) is 18.1. The van der Waals surface area contributed by atoms with Gasteiger partial charge in [0, 0.05) is 0 Å². The van der Waals surface area contributed by atoms with E-state index >= 15 is 0 Å². The van der Waals surface area contributed by atoms with E-state index in [-0.39, 0.29) is 11.4 Å². The number of amides is 1. The van der Waals surface area contributed by atoms with Gasteiger partial charge < -0.3 is 8.83 Å². The number of nitrogens with zero attached hydrogens (tertiary/aromatic N) is 3. The van der Waals surface area contributed by atoms with Crippen molar-refractivity contribution in [3.05, 3.63) is 47.6 Å². The molecule has 10 heteroatoms. The molecule has 4 heterocycles. The number of hydrogen-bond donors (Lipinski definition) is 1. The van der Waals surface area contributed by atoms with Gasteiger partial charge in [-0.2, -0.15) is 9.39 Å². The zero-order valence-electron chi connectivity index (χ0n) is 14.2. The highest BCUT2D eigenvalue weighted by molar-refractivity contribution is 8.19. The van der Waals surface area contributed by atoms with Crippen molar-refractivity contribution in [2.45, 2.75) is 17.8 Å². The molecule has 1 N–H and O–H groups in total. The van der Waals surface area contributed by atoms with Crippen LogP contribution in [0.25, 0.3) is 6.08 Å². The first-order valence-electron chi connectivity index (χ1n) is 8.02. The molecular weight excluding hydrogens is 404 g/mol. The van der Waals surface area contributed by atoms with Crippen molar-refractivity contribution < 1.29 is 13.6 Å². The van der Waals surface area contributed by atoms with Crippen molar-refractivity contribution in [1.82, 2.24) is 4.90 Å². The molecule has 2 aromatic rings. The van der Waals surface area contributed by atoms with Gasteiger partial charge in [0.25, 0.3) is 5.91 Å². The van der Waals surface area contributed by atoms with Gasteiger partial charge >= 0.3 is 0 Å². The quantitative estimate of drug-likeness (QED) is 0.434. The lowest BCUT2D eigenvalue weighted by atomic mass is 10.1. The highest BCUT2D eigenvalue weighted by Crippen LogP contribution is 2.32. The van der Waals surface area contributed by atoms with Crippen molar-refractivity contribution in [2.75, 3.05) is 5.75 Å². The maximum absolute atomic E-state index is 12.4. The predicted octanol–water partition coefficient (Wildman–Crippen LogP) is 4.49. The largest absolute Gasteiger partial charge is 0.468 e. The molecule has 0 unspecified atom stereocenters. The van der Waals surface area contributed by atoms with Gasteiger partial charge in [-0.1, -0.05) is 30.4 Å². The van der Waals surface area contributed by atoms with Crippen molar-refractivity contribution >= 4 is 63.6 Å². The molecule has 0 saturated carbocycles. The van der Waals surface area contributed by atoms with E-state index in [4.69, 9.17) is 14.2 Å². The second kappa shape index (κ2) is 7.83. The van der Waals surface area contributed by atoms with Crippen molar-refractivity contribution in [3.63, 3.8) is 0 Å². The van der Waals surface area contributed by atoms with Gasteiger partial charge in [0.15, 0.2) is 10.3 Å². The Bertz CT molecular complexity index is 975. The fraction of sp³-hybridized carbons (Fsp3) is 0.176. The molecule has 138 valence electrons. The monoisotopic (exact) mass is 418 g/mol. The molecule has 0 fully saturated rings. The van der Waals surface area contributed by atoms with E-state index in [0.29, 0.717) is 26.9 Å². The molecule has 0 saturated heterocycles. The maximum atomic E-state index is 12.4. The Morgan fingerprint density at radius 1 is 1.33 bits per heavy atom. The molecule has 1 amide bonds. The highest BCUT2D eigenvalue weighted by Gasteiger charge is 2.37. The molecule has 0 atom stereocenters. The van der Waals surface area contributed by atoms with Gasteiger partial charge in [0.1, 0.15) is 17.4 Å². The van der Waals surface area contributed by atoms with Gasteiger partial charge in [0.05, 0.1) is 29.5 Å². The molecule has 0 bridgehead atoms. The second-order valence-corrected chi connectivity index (χ2v) is 8.31. The summed E-state index contributed by atoms with van der Waals surface area (Å²) in [5.41, 5.74) is 0.183. The standard InChI is InChI=1S/C17H14N4O3S3/c1-2-25-17-20-27-16-19-15(22)12(14(18)21(16)17)8-10-5-6-13(24-10)26-9-11-4-3-7-23-11/h3-8,18H,2,9H2,1H3/b12-8-,18-14?. The molecule has 2 aliphatic heterocycles. The summed E-state index contributed by atoms with van der Waals surface area (Å²) in [6.45, 7) is 2.01. The summed E-state index contributed by atoms with van der Waals surface area (Å²) >= 11 is 4.12. The lowest BCUT2D eigenvalue weighted by Gasteiger charge is -2.23. The van der Waals surface area contributed by atoms with Gasteiger partial charge in [-0.3, -0.25) is 10.2 Å². The van der Waals surface area contributed by atoms with Gasteiger partial charge in [-0.15, -0.1) is 0 Å². The third-order valence-corrected chi connectivity index (χ3v) is 6.16. The summed E-state index contributed by atoms with van der Waals surface area (Å²) in [4.78, 5) is 18.0. The Morgan fingerprint density at radius 2 is 2.22 bits per heavy atom. The second-order valence-electron chi connectivity index (χ2n) is 5.36. The lowest BCUT2D eigenvalue weighted by molar-refractivity contribution is -0.114. The van der Waals surface area contributed by atoms with E-state index in [1.807, 2.05) is 25.1 Å². The van der Waals surface area contributed by atoms with Crippen molar-refractivity contribution in [1.29, 1.82) is 5.41 Å². The minimum Gasteiger partial charge on any atom is -0.468 e. The van der Waals surface area contributed by atoms with Crippen LogP contribution in [0, 0.1) is 5.41 Å². The van der Waals surface area contributed by atoms with Crippen LogP contribution in [0.1, 0.15) is 18.4 Å². The zero-order chi connectivity index (χ0) is 18.8. The van der Waals surface area contributed by atoms with Crippen LogP contribution >= 0.6 is 35.5 Å². The Morgan fingerprint density at radius 3 is 3.00 bits per heavy atom. The number of thioether (sulfide) groups is 2. The van der Waals surface area contributed by atoms with Crippen molar-refractivity contribution in [3.8, 4) is 0 Å². The summed E-state index contributed by atoms with van der Waals surface area (Å²) in [5.74, 6) is 2.43. The van der Waals surface area contributed by atoms with Crippen LogP contribution in [0.4, 0.5) is 0 Å². The fourth-order valence-electron chi connectivity index (χ4n) is 2.39. The first-order valence-corrected chi connectivity index (χ1v) is 10.8. The minimum atomic E-state index is -0.460. The van der Waals surface area contributed by atoms with E-state index in [1.54, 1.807) is 23.3 Å². The van der Waals surface area contributed by atoms with Crippen LogP contribution in [0.15, 0.2) is 59.4 Å². The molecule has 4 rings (SSSR count). The zero-order valence-corrected chi connectivity index (χ0v) is 16.6. The summed E-state index contributed by atoms with van der Waals surface area (Å²) in [6, 6.07) is 7.34. The van der Waals surface area contributed by atoms with Gasteiger partial charge in [0.2, 0.25) is 5.17 Å². The Kier molecular flexibility index (Phi) is 5.28. The number of rotatable bonds is 5. The molecule has 0 spiro atoms. The van der Waals surface area contributed by atoms with Gasteiger partial charge in [-0.25, -0.2) is 4.90 Å². The summed E-state index contributed by atoms with van der Waals surface area (Å²) in [7, 11) is 0. The van der Waals surface area contributed by atoms with E-state index in [9.17, 15) is 4.79 Å². The molecule has 0 aromatic carbocycles. The third-order valence-electron chi connectivity index (χ3n) is 3.59. The number of nitrogens with one attached hydrogen (secondary N) is 1. The highest BCUT2D eigenvalue weighted by atomic mass is 32.2. The fourth-order valence-corrected chi connectivity index (χ4v) is 4.73. The molecule has 0 aliphatic carbocycles. The number of fused-ring (bicyclic) bond motifs is 1. The van der Waals surface area contributed by atoms with E-state index < -0.39 is 5.91 Å². The summed E-state index contributed by atoms with van der Waals surface area (Å²) in [6.07, 6.45) is 3.19. The van der Waals surface area contributed by atoms with Gasteiger partial charge in [-0.05, 0) is 36.1 Å². The number of amidine groups is 3. The Labute approximate surface area is 168 Å². The minimum absolute atomic E-state index is 0.0656. The van der Waals surface area contributed by atoms with Crippen LogP contribution in [-0.4, -0.2) is 32.7 Å². The van der Waals surface area contributed by atoms with Crippen LogP contribution in [0.3, 0.4) is 0 Å². The number of furan rings is 2. The van der Waals surface area contributed by atoms with Crippen molar-refractivity contribution in [2.24, 2.45) is 9.39 Å². The maximum Gasteiger partial charge on any atom is 0.283 e. The predicted molar refractivity (Wildman–Crippen MR) is 110 cm³/mol. The van der Waals surface area contributed by atoms with Crippen LogP contribution in [0.5, 0.6) is 0 Å². The molecular formula is C17H14N4O3S3. The average molecular weight is 419 g/mol. The molecule has 2 aliphatic rings. The Hall–Kier alpha value is -2.17. The lowest BCUT2D eigenvalue weighted by Crippen LogP contribution is -2.41.